The third kappa shape index (κ3) is 1.52. The quantitative estimate of drug-likeness (QED) is 0.660. The molecule has 0 saturated carbocycles. The van der Waals surface area contributed by atoms with Crippen molar-refractivity contribution in [3.05, 3.63) is 28.8 Å². The molecule has 1 heteroatoms. The highest BCUT2D eigenvalue weighted by molar-refractivity contribution is 5.57. The van der Waals surface area contributed by atoms with Gasteiger partial charge in [0.05, 0.1) is 0 Å². The number of fused-ring (bicyclic) bond motifs is 1. The van der Waals surface area contributed by atoms with Crippen LogP contribution in [0, 0.1) is 19.8 Å². The van der Waals surface area contributed by atoms with Crippen LogP contribution in [0.5, 0.6) is 0 Å². The molecule has 14 heavy (non-hydrogen) atoms. The highest BCUT2D eigenvalue weighted by Crippen LogP contribution is 2.30. The number of aryl methyl sites for hydroxylation is 2. The summed E-state index contributed by atoms with van der Waals surface area (Å²) in [4.78, 5) is 0. The molecule has 0 spiro atoms. The Morgan fingerprint density at radius 1 is 1.14 bits per heavy atom. The van der Waals surface area contributed by atoms with Crippen molar-refractivity contribution in [1.29, 1.82) is 0 Å². The molecule has 1 aromatic rings. The van der Waals surface area contributed by atoms with Gasteiger partial charge in [0.1, 0.15) is 0 Å². The third-order valence-corrected chi connectivity index (χ3v) is 3.50. The fourth-order valence-electron chi connectivity index (χ4n) is 2.09. The SMILES string of the molecule is Cc1cc2c(cc1C)NC(C)C(C)C2. The molecule has 1 aliphatic heterocycles. The van der Waals surface area contributed by atoms with Crippen molar-refractivity contribution in [2.75, 3.05) is 5.32 Å². The summed E-state index contributed by atoms with van der Waals surface area (Å²) in [5.41, 5.74) is 5.63. The second kappa shape index (κ2) is 3.30. The first-order valence-corrected chi connectivity index (χ1v) is 5.44. The molecule has 2 atom stereocenters. The Bertz CT molecular complexity index is 319. The third-order valence-electron chi connectivity index (χ3n) is 3.50. The van der Waals surface area contributed by atoms with E-state index in [4.69, 9.17) is 0 Å². The van der Waals surface area contributed by atoms with Crippen molar-refractivity contribution in [2.24, 2.45) is 5.92 Å². The minimum atomic E-state index is 0.601. The topological polar surface area (TPSA) is 12.0 Å². The monoisotopic (exact) mass is 189 g/mol. The molecule has 2 rings (SSSR count). The van der Waals surface area contributed by atoms with Crippen LogP contribution in [-0.4, -0.2) is 6.04 Å². The summed E-state index contributed by atoms with van der Waals surface area (Å²) in [6.07, 6.45) is 1.21. The molecule has 0 amide bonds. The molecular formula is C13H19N. The summed E-state index contributed by atoms with van der Waals surface area (Å²) in [6, 6.07) is 5.22. The molecule has 1 aliphatic rings. The molecule has 1 heterocycles. The van der Waals surface area contributed by atoms with Crippen LogP contribution in [0.2, 0.25) is 0 Å². The van der Waals surface area contributed by atoms with Crippen LogP contribution in [0.25, 0.3) is 0 Å². The molecule has 76 valence electrons. The minimum absolute atomic E-state index is 0.601. The maximum atomic E-state index is 3.58. The van der Waals surface area contributed by atoms with Gasteiger partial charge in [-0.2, -0.15) is 0 Å². The maximum Gasteiger partial charge on any atom is 0.0377 e. The van der Waals surface area contributed by atoms with Crippen LogP contribution >= 0.6 is 0 Å². The van der Waals surface area contributed by atoms with E-state index in [1.807, 2.05) is 0 Å². The summed E-state index contributed by atoms with van der Waals surface area (Å²) in [7, 11) is 0. The van der Waals surface area contributed by atoms with Crippen molar-refractivity contribution in [2.45, 2.75) is 40.2 Å². The second-order valence-electron chi connectivity index (χ2n) is 4.71. The Balaban J connectivity index is 2.42. The zero-order valence-electron chi connectivity index (χ0n) is 9.52. The molecule has 0 fully saturated rings. The lowest BCUT2D eigenvalue weighted by molar-refractivity contribution is 0.491. The predicted molar refractivity (Wildman–Crippen MR) is 61.9 cm³/mol. The van der Waals surface area contributed by atoms with Crippen LogP contribution in [0.15, 0.2) is 12.1 Å². The fraction of sp³-hybridized carbons (Fsp3) is 0.538. The van der Waals surface area contributed by atoms with E-state index in [1.165, 1.54) is 28.8 Å². The average molecular weight is 189 g/mol. The first-order valence-electron chi connectivity index (χ1n) is 5.44. The average Bonchev–Trinajstić information content (AvgIpc) is 2.11. The van der Waals surface area contributed by atoms with Gasteiger partial charge in [-0.05, 0) is 55.9 Å². The van der Waals surface area contributed by atoms with E-state index in [0.29, 0.717) is 6.04 Å². The van der Waals surface area contributed by atoms with Gasteiger partial charge in [-0.3, -0.25) is 0 Å². The number of hydrogen-bond acceptors (Lipinski definition) is 1. The number of nitrogens with one attached hydrogen (secondary N) is 1. The molecule has 0 bridgehead atoms. The number of rotatable bonds is 0. The highest BCUT2D eigenvalue weighted by atomic mass is 14.9. The molecule has 0 saturated heterocycles. The van der Waals surface area contributed by atoms with E-state index in [2.05, 4.69) is 45.1 Å². The largest absolute Gasteiger partial charge is 0.382 e. The molecule has 0 aromatic heterocycles. The van der Waals surface area contributed by atoms with Crippen LogP contribution in [0.1, 0.15) is 30.5 Å². The Labute approximate surface area is 86.5 Å². The van der Waals surface area contributed by atoms with E-state index < -0.39 is 0 Å². The van der Waals surface area contributed by atoms with Gasteiger partial charge in [0.15, 0.2) is 0 Å². The van der Waals surface area contributed by atoms with Crippen molar-refractivity contribution in [3.8, 4) is 0 Å². The van der Waals surface area contributed by atoms with Crippen molar-refractivity contribution >= 4 is 5.69 Å². The van der Waals surface area contributed by atoms with E-state index in [1.54, 1.807) is 0 Å². The first-order chi connectivity index (χ1) is 6.58. The van der Waals surface area contributed by atoms with Gasteiger partial charge >= 0.3 is 0 Å². The smallest absolute Gasteiger partial charge is 0.0377 e. The lowest BCUT2D eigenvalue weighted by Crippen LogP contribution is -2.30. The van der Waals surface area contributed by atoms with E-state index in [-0.39, 0.29) is 0 Å². The predicted octanol–water partition coefficient (Wildman–Crippen LogP) is 3.30. The zero-order valence-corrected chi connectivity index (χ0v) is 9.52. The zero-order chi connectivity index (χ0) is 10.3. The van der Waals surface area contributed by atoms with Crippen molar-refractivity contribution in [3.63, 3.8) is 0 Å². The first kappa shape index (κ1) is 9.57. The van der Waals surface area contributed by atoms with E-state index in [9.17, 15) is 0 Å². The van der Waals surface area contributed by atoms with Crippen LogP contribution < -0.4 is 5.32 Å². The summed E-state index contributed by atoms with van der Waals surface area (Å²) < 4.78 is 0. The fourth-order valence-corrected chi connectivity index (χ4v) is 2.09. The van der Waals surface area contributed by atoms with Gasteiger partial charge in [-0.1, -0.05) is 13.0 Å². The Morgan fingerprint density at radius 2 is 1.79 bits per heavy atom. The number of anilines is 1. The molecule has 0 aliphatic carbocycles. The standard InChI is InChI=1S/C13H19N/c1-8-5-12-6-10(3)11(4)14-13(12)7-9(8)2/h5,7,10-11,14H,6H2,1-4H3. The van der Waals surface area contributed by atoms with Crippen molar-refractivity contribution < 1.29 is 0 Å². The summed E-state index contributed by atoms with van der Waals surface area (Å²) in [5.74, 6) is 0.740. The summed E-state index contributed by atoms with van der Waals surface area (Å²) in [6.45, 7) is 8.96. The minimum Gasteiger partial charge on any atom is -0.382 e. The summed E-state index contributed by atoms with van der Waals surface area (Å²) >= 11 is 0. The van der Waals surface area contributed by atoms with Crippen LogP contribution in [0.3, 0.4) is 0 Å². The van der Waals surface area contributed by atoms with Crippen LogP contribution in [-0.2, 0) is 6.42 Å². The van der Waals surface area contributed by atoms with Gasteiger partial charge in [-0.25, -0.2) is 0 Å². The van der Waals surface area contributed by atoms with Gasteiger partial charge in [-0.15, -0.1) is 0 Å². The second-order valence-corrected chi connectivity index (χ2v) is 4.71. The van der Waals surface area contributed by atoms with Gasteiger partial charge in [0.2, 0.25) is 0 Å². The normalized spacial score (nSPS) is 25.4. The van der Waals surface area contributed by atoms with E-state index >= 15 is 0 Å². The lowest BCUT2D eigenvalue weighted by atomic mass is 9.88. The van der Waals surface area contributed by atoms with E-state index in [0.717, 1.165) is 5.92 Å². The van der Waals surface area contributed by atoms with Gasteiger partial charge in [0.25, 0.3) is 0 Å². The molecule has 0 radical (unpaired) electrons. The van der Waals surface area contributed by atoms with Crippen molar-refractivity contribution in [1.82, 2.24) is 0 Å². The summed E-state index contributed by atoms with van der Waals surface area (Å²) in [5, 5.41) is 3.58. The maximum absolute atomic E-state index is 3.58. The Hall–Kier alpha value is -0.980. The molecule has 1 aromatic carbocycles. The lowest BCUT2D eigenvalue weighted by Gasteiger charge is -2.30. The Kier molecular flexibility index (Phi) is 2.26. The van der Waals surface area contributed by atoms with Gasteiger partial charge in [0, 0.05) is 11.7 Å². The molecule has 1 N–H and O–H groups in total. The molecular weight excluding hydrogens is 170 g/mol. The molecule has 1 nitrogen and oxygen atoms in total. The number of hydrogen-bond donors (Lipinski definition) is 1. The molecule has 2 unspecified atom stereocenters. The van der Waals surface area contributed by atoms with Gasteiger partial charge < -0.3 is 5.32 Å². The highest BCUT2D eigenvalue weighted by Gasteiger charge is 2.21. The Morgan fingerprint density at radius 3 is 2.50 bits per heavy atom. The number of benzene rings is 1. The van der Waals surface area contributed by atoms with Crippen LogP contribution in [0.4, 0.5) is 5.69 Å².